The van der Waals surface area contributed by atoms with Crippen LogP contribution < -0.4 is 5.32 Å². The van der Waals surface area contributed by atoms with Crippen molar-refractivity contribution in [3.05, 3.63) is 66.4 Å². The Morgan fingerprint density at radius 1 is 1.17 bits per heavy atom. The summed E-state index contributed by atoms with van der Waals surface area (Å²) in [5.41, 5.74) is 3.23. The molecule has 4 aromatic rings. The predicted molar refractivity (Wildman–Crippen MR) is 119 cm³/mol. The average Bonchev–Trinajstić information content (AvgIpc) is 3.40. The number of H-pyrrole nitrogens is 1. The van der Waals surface area contributed by atoms with Gasteiger partial charge in [0.25, 0.3) is 0 Å². The molecule has 2 N–H and O–H groups in total. The number of amides is 1. The first-order valence-corrected chi connectivity index (χ1v) is 11.1. The second kappa shape index (κ2) is 7.99. The van der Waals surface area contributed by atoms with Crippen molar-refractivity contribution in [2.75, 3.05) is 0 Å². The molecule has 6 nitrogen and oxygen atoms in total. The number of hydrogen-bond acceptors (Lipinski definition) is 4. The lowest BCUT2D eigenvalue weighted by molar-refractivity contribution is -0.120. The number of benzene rings is 2. The zero-order valence-electron chi connectivity index (χ0n) is 16.7. The van der Waals surface area contributed by atoms with E-state index in [-0.39, 0.29) is 11.2 Å². The monoisotopic (exact) mass is 417 g/mol. The van der Waals surface area contributed by atoms with E-state index >= 15 is 0 Å². The standard InChI is InChI=1S/C23H23N5OS/c1-15(22(29)25-13-16-7-3-2-4-8-16)30-23-27-26-21(28(23)17-11-12-17)19-14-24-20-10-6-5-9-18(19)20/h2-10,14-15,17,24H,11-13H2,1H3,(H,25,29)/t15-/m0/s1. The van der Waals surface area contributed by atoms with Gasteiger partial charge in [0.1, 0.15) is 0 Å². The van der Waals surface area contributed by atoms with E-state index in [1.165, 1.54) is 11.8 Å². The van der Waals surface area contributed by atoms with E-state index in [4.69, 9.17) is 0 Å². The summed E-state index contributed by atoms with van der Waals surface area (Å²) in [5.74, 6) is 0.872. The third kappa shape index (κ3) is 3.73. The van der Waals surface area contributed by atoms with Gasteiger partial charge in [0.05, 0.1) is 5.25 Å². The van der Waals surface area contributed by atoms with Crippen molar-refractivity contribution in [1.29, 1.82) is 0 Å². The van der Waals surface area contributed by atoms with E-state index in [0.29, 0.717) is 12.6 Å². The minimum atomic E-state index is -0.258. The van der Waals surface area contributed by atoms with E-state index in [9.17, 15) is 4.79 Å². The van der Waals surface area contributed by atoms with E-state index in [1.54, 1.807) is 0 Å². The highest BCUT2D eigenvalue weighted by Gasteiger charge is 2.32. The third-order valence-corrected chi connectivity index (χ3v) is 6.42. The summed E-state index contributed by atoms with van der Waals surface area (Å²) in [6.07, 6.45) is 4.24. The van der Waals surface area contributed by atoms with Gasteiger partial charge in [-0.15, -0.1) is 10.2 Å². The fraction of sp³-hybridized carbons (Fsp3) is 0.261. The Bertz CT molecular complexity index is 1180. The Hall–Kier alpha value is -3.06. The van der Waals surface area contributed by atoms with Crippen molar-refractivity contribution in [3.8, 4) is 11.4 Å². The Labute approximate surface area is 179 Å². The zero-order chi connectivity index (χ0) is 20.5. The average molecular weight is 418 g/mol. The third-order valence-electron chi connectivity index (χ3n) is 5.37. The SMILES string of the molecule is C[C@H](Sc1nnc(-c2c[nH]c3ccccc23)n1C1CC1)C(=O)NCc1ccccc1. The first kappa shape index (κ1) is 18.9. The Balaban J connectivity index is 1.36. The molecule has 1 aliphatic rings. The molecular formula is C23H23N5OS. The van der Waals surface area contributed by atoms with Crippen molar-refractivity contribution >= 4 is 28.6 Å². The quantitative estimate of drug-likeness (QED) is 0.432. The van der Waals surface area contributed by atoms with Crippen LogP contribution in [-0.2, 0) is 11.3 Å². The topological polar surface area (TPSA) is 75.6 Å². The van der Waals surface area contributed by atoms with Gasteiger partial charge in [-0.1, -0.05) is 60.3 Å². The van der Waals surface area contributed by atoms with Gasteiger partial charge in [-0.2, -0.15) is 0 Å². The van der Waals surface area contributed by atoms with Crippen molar-refractivity contribution in [2.45, 2.75) is 42.8 Å². The second-order valence-corrected chi connectivity index (χ2v) is 8.93. The number of para-hydroxylation sites is 1. The number of nitrogens with one attached hydrogen (secondary N) is 2. The van der Waals surface area contributed by atoms with E-state index < -0.39 is 0 Å². The fourth-order valence-electron chi connectivity index (χ4n) is 3.60. The fourth-order valence-corrected chi connectivity index (χ4v) is 4.54. The van der Waals surface area contributed by atoms with Gasteiger partial charge in [-0.05, 0) is 31.4 Å². The van der Waals surface area contributed by atoms with Gasteiger partial charge in [0.15, 0.2) is 11.0 Å². The number of aromatic amines is 1. The molecule has 5 rings (SSSR count). The molecule has 1 fully saturated rings. The molecule has 1 atom stereocenters. The summed E-state index contributed by atoms with van der Waals surface area (Å²) in [5, 5.41) is 13.7. The maximum absolute atomic E-state index is 12.6. The second-order valence-electron chi connectivity index (χ2n) is 7.62. The van der Waals surface area contributed by atoms with Crippen LogP contribution >= 0.6 is 11.8 Å². The summed E-state index contributed by atoms with van der Waals surface area (Å²) in [6.45, 7) is 2.45. The first-order valence-electron chi connectivity index (χ1n) is 10.2. The van der Waals surface area contributed by atoms with Crippen LogP contribution in [0.15, 0.2) is 66.0 Å². The van der Waals surface area contributed by atoms with Gasteiger partial charge in [0, 0.05) is 35.2 Å². The van der Waals surface area contributed by atoms with Crippen LogP contribution in [-0.4, -0.2) is 30.9 Å². The molecule has 152 valence electrons. The number of nitrogens with zero attached hydrogens (tertiary/aromatic N) is 3. The zero-order valence-corrected chi connectivity index (χ0v) is 17.5. The van der Waals surface area contributed by atoms with Gasteiger partial charge in [-0.3, -0.25) is 9.36 Å². The number of carbonyl (C=O) groups excluding carboxylic acids is 1. The van der Waals surface area contributed by atoms with Crippen molar-refractivity contribution in [3.63, 3.8) is 0 Å². The van der Waals surface area contributed by atoms with E-state index in [1.807, 2.05) is 55.6 Å². The molecule has 2 aromatic heterocycles. The summed E-state index contributed by atoms with van der Waals surface area (Å²) in [4.78, 5) is 16.0. The van der Waals surface area contributed by atoms with Gasteiger partial charge in [-0.25, -0.2) is 0 Å². The minimum Gasteiger partial charge on any atom is -0.360 e. The molecule has 2 aromatic carbocycles. The van der Waals surface area contributed by atoms with Crippen molar-refractivity contribution < 1.29 is 4.79 Å². The molecule has 7 heteroatoms. The van der Waals surface area contributed by atoms with Crippen LogP contribution in [0.25, 0.3) is 22.3 Å². The molecule has 1 saturated carbocycles. The predicted octanol–water partition coefficient (Wildman–Crippen LogP) is 4.56. The van der Waals surface area contributed by atoms with E-state index in [2.05, 4.69) is 37.2 Å². The molecule has 0 unspecified atom stereocenters. The Morgan fingerprint density at radius 2 is 1.93 bits per heavy atom. The van der Waals surface area contributed by atoms with Crippen LogP contribution in [0.2, 0.25) is 0 Å². The maximum atomic E-state index is 12.6. The lowest BCUT2D eigenvalue weighted by atomic mass is 10.1. The van der Waals surface area contributed by atoms with Gasteiger partial charge < -0.3 is 10.3 Å². The van der Waals surface area contributed by atoms with Gasteiger partial charge in [0.2, 0.25) is 5.91 Å². The molecule has 0 spiro atoms. The molecule has 0 aliphatic heterocycles. The maximum Gasteiger partial charge on any atom is 0.233 e. The number of carbonyl (C=O) groups is 1. The smallest absolute Gasteiger partial charge is 0.233 e. The van der Waals surface area contributed by atoms with Crippen LogP contribution in [0, 0.1) is 0 Å². The van der Waals surface area contributed by atoms with Crippen LogP contribution in [0.3, 0.4) is 0 Å². The van der Waals surface area contributed by atoms with E-state index in [0.717, 1.165) is 45.9 Å². The lowest BCUT2D eigenvalue weighted by Gasteiger charge is -2.13. The molecule has 1 aliphatic carbocycles. The molecule has 1 amide bonds. The number of rotatable bonds is 7. The molecule has 0 saturated heterocycles. The summed E-state index contributed by atoms with van der Waals surface area (Å²) in [7, 11) is 0. The summed E-state index contributed by atoms with van der Waals surface area (Å²) < 4.78 is 2.21. The van der Waals surface area contributed by atoms with Crippen LogP contribution in [0.4, 0.5) is 0 Å². The molecule has 0 radical (unpaired) electrons. The highest BCUT2D eigenvalue weighted by atomic mass is 32.2. The first-order chi connectivity index (χ1) is 14.7. The molecule has 2 heterocycles. The highest BCUT2D eigenvalue weighted by molar-refractivity contribution is 8.00. The van der Waals surface area contributed by atoms with Crippen LogP contribution in [0.5, 0.6) is 0 Å². The largest absolute Gasteiger partial charge is 0.360 e. The number of aromatic nitrogens is 4. The normalized spacial score (nSPS) is 14.7. The van der Waals surface area contributed by atoms with Crippen LogP contribution in [0.1, 0.15) is 31.4 Å². The van der Waals surface area contributed by atoms with Crippen molar-refractivity contribution in [1.82, 2.24) is 25.1 Å². The van der Waals surface area contributed by atoms with Crippen molar-refractivity contribution in [2.24, 2.45) is 0 Å². The highest BCUT2D eigenvalue weighted by Crippen LogP contribution is 2.42. The van der Waals surface area contributed by atoms with Gasteiger partial charge >= 0.3 is 0 Å². The Morgan fingerprint density at radius 3 is 2.73 bits per heavy atom. The number of fused-ring (bicyclic) bond motifs is 1. The minimum absolute atomic E-state index is 0.00263. The summed E-state index contributed by atoms with van der Waals surface area (Å²) >= 11 is 1.47. The number of thioether (sulfide) groups is 1. The molecule has 0 bridgehead atoms. The number of hydrogen-bond donors (Lipinski definition) is 2. The lowest BCUT2D eigenvalue weighted by Crippen LogP contribution is -2.30. The Kier molecular flexibility index (Phi) is 5.04. The molecule has 30 heavy (non-hydrogen) atoms. The molecular weight excluding hydrogens is 394 g/mol. The summed E-state index contributed by atoms with van der Waals surface area (Å²) in [6, 6.07) is 18.6.